The summed E-state index contributed by atoms with van der Waals surface area (Å²) in [5.74, 6) is 3.18. The van der Waals surface area contributed by atoms with E-state index in [4.69, 9.17) is 14.9 Å². The van der Waals surface area contributed by atoms with Crippen LogP contribution in [0.4, 0.5) is 0 Å². The van der Waals surface area contributed by atoms with E-state index in [0.717, 1.165) is 65.3 Å². The molecule has 0 N–H and O–H groups in total. The maximum Gasteiger partial charge on any atom is 0.234 e. The predicted octanol–water partition coefficient (Wildman–Crippen LogP) is 8.23. The lowest BCUT2D eigenvalue weighted by molar-refractivity contribution is 0.476. The summed E-state index contributed by atoms with van der Waals surface area (Å²) in [5.41, 5.74) is 8.89. The first-order valence-corrected chi connectivity index (χ1v) is 17.0. The van der Waals surface area contributed by atoms with Gasteiger partial charge in [-0.05, 0) is 62.1 Å². The molecule has 11 heteroatoms. The van der Waals surface area contributed by atoms with Gasteiger partial charge in [-0.3, -0.25) is 0 Å². The molecular formula is C36H30N8OS2. The van der Waals surface area contributed by atoms with Crippen LogP contribution in [0.5, 0.6) is 11.5 Å². The van der Waals surface area contributed by atoms with Crippen LogP contribution in [0.1, 0.15) is 45.0 Å². The Kier molecular flexibility index (Phi) is 7.34. The van der Waals surface area contributed by atoms with E-state index in [0.29, 0.717) is 12.8 Å². The molecule has 0 bridgehead atoms. The van der Waals surface area contributed by atoms with Gasteiger partial charge in [0.05, 0.1) is 0 Å². The lowest BCUT2D eigenvalue weighted by Gasteiger charge is -2.14. The zero-order valence-corrected chi connectivity index (χ0v) is 27.9. The fourth-order valence-corrected chi connectivity index (χ4v) is 7.62. The fraction of sp³-hybridized carbons (Fsp3) is 0.167. The van der Waals surface area contributed by atoms with Crippen molar-refractivity contribution in [1.82, 2.24) is 39.6 Å². The lowest BCUT2D eigenvalue weighted by atomic mass is 10.1. The van der Waals surface area contributed by atoms with E-state index in [2.05, 4.69) is 96.6 Å². The SMILES string of the molecule is Cc1ccccc1Cc1nnc2sc(-c3cccc(Oc4cccc(-c5nn6c(Cc7ccccc7C)nnc6s5)c4C)c3C)nn12. The summed E-state index contributed by atoms with van der Waals surface area (Å²) in [7, 11) is 0. The molecule has 47 heavy (non-hydrogen) atoms. The summed E-state index contributed by atoms with van der Waals surface area (Å²) in [6.07, 6.45) is 1.34. The van der Waals surface area contributed by atoms with Crippen molar-refractivity contribution in [1.29, 1.82) is 0 Å². The second kappa shape index (κ2) is 11.8. The van der Waals surface area contributed by atoms with Gasteiger partial charge in [0.2, 0.25) is 9.92 Å². The summed E-state index contributed by atoms with van der Waals surface area (Å²) in [5, 5.41) is 29.3. The Balaban J connectivity index is 1.07. The van der Waals surface area contributed by atoms with Crippen molar-refractivity contribution in [3.63, 3.8) is 0 Å². The van der Waals surface area contributed by atoms with E-state index in [1.165, 1.54) is 44.9 Å². The minimum absolute atomic E-state index is 0.671. The van der Waals surface area contributed by atoms with Crippen molar-refractivity contribution in [2.45, 2.75) is 40.5 Å². The molecule has 0 aliphatic rings. The first-order chi connectivity index (χ1) is 22.9. The average Bonchev–Trinajstić information content (AvgIpc) is 3.85. The standard InChI is InChI=1S/C36H30N8OS2/c1-21-11-5-7-13-25(21)19-31-37-39-35-43(31)41-33(46-35)27-15-9-17-29(23(27)3)45-30-18-10-16-28(24(30)4)34-42-44-32(38-40-36(44)47-34)20-26-14-8-6-12-22(26)2/h5-18H,19-20H2,1-4H3. The summed E-state index contributed by atoms with van der Waals surface area (Å²) in [6, 6.07) is 28.8. The number of rotatable bonds is 8. The van der Waals surface area contributed by atoms with Crippen LogP contribution in [0.3, 0.4) is 0 Å². The number of aromatic nitrogens is 8. The molecule has 0 unspecified atom stereocenters. The average molecular weight is 655 g/mol. The maximum absolute atomic E-state index is 6.59. The van der Waals surface area contributed by atoms with Gasteiger partial charge in [0.25, 0.3) is 0 Å². The Morgan fingerprint density at radius 3 is 1.43 bits per heavy atom. The third-order valence-corrected chi connectivity index (χ3v) is 10.4. The van der Waals surface area contributed by atoms with Crippen molar-refractivity contribution < 1.29 is 4.74 Å². The minimum Gasteiger partial charge on any atom is -0.457 e. The number of hydrogen-bond acceptors (Lipinski definition) is 9. The molecule has 4 aromatic carbocycles. The molecule has 0 amide bonds. The highest BCUT2D eigenvalue weighted by atomic mass is 32.1. The molecule has 0 radical (unpaired) electrons. The van der Waals surface area contributed by atoms with Gasteiger partial charge in [-0.25, -0.2) is 0 Å². The van der Waals surface area contributed by atoms with Crippen molar-refractivity contribution in [2.75, 3.05) is 0 Å². The molecule has 0 atom stereocenters. The quantitative estimate of drug-likeness (QED) is 0.163. The van der Waals surface area contributed by atoms with Gasteiger partial charge >= 0.3 is 0 Å². The Morgan fingerprint density at radius 1 is 0.532 bits per heavy atom. The van der Waals surface area contributed by atoms with Crippen LogP contribution in [0.15, 0.2) is 84.9 Å². The lowest BCUT2D eigenvalue weighted by Crippen LogP contribution is -2.00. The molecule has 9 nitrogen and oxygen atoms in total. The van der Waals surface area contributed by atoms with E-state index < -0.39 is 0 Å². The van der Waals surface area contributed by atoms with Crippen molar-refractivity contribution in [2.24, 2.45) is 0 Å². The molecule has 0 fully saturated rings. The van der Waals surface area contributed by atoms with Gasteiger partial charge < -0.3 is 4.74 Å². The summed E-state index contributed by atoms with van der Waals surface area (Å²) in [6.45, 7) is 8.36. The highest BCUT2D eigenvalue weighted by molar-refractivity contribution is 7.20. The molecule has 4 aromatic heterocycles. The van der Waals surface area contributed by atoms with Crippen LogP contribution < -0.4 is 4.74 Å². The summed E-state index contributed by atoms with van der Waals surface area (Å²) < 4.78 is 10.3. The first kappa shape index (κ1) is 29.2. The Hall–Kier alpha value is -5.26. The molecule has 0 aliphatic heterocycles. The van der Waals surface area contributed by atoms with Crippen molar-refractivity contribution in [3.05, 3.63) is 130 Å². The van der Waals surface area contributed by atoms with E-state index in [1.54, 1.807) is 0 Å². The highest BCUT2D eigenvalue weighted by Gasteiger charge is 2.20. The number of ether oxygens (including phenoxy) is 1. The molecule has 0 saturated heterocycles. The zero-order valence-electron chi connectivity index (χ0n) is 26.3. The number of benzene rings is 4. The van der Waals surface area contributed by atoms with Gasteiger partial charge in [0.15, 0.2) is 11.6 Å². The fourth-order valence-electron chi connectivity index (χ4n) is 5.74. The predicted molar refractivity (Wildman–Crippen MR) is 186 cm³/mol. The molecule has 8 rings (SSSR count). The molecule has 4 heterocycles. The largest absolute Gasteiger partial charge is 0.457 e. The minimum atomic E-state index is 0.671. The topological polar surface area (TPSA) is 95.4 Å². The van der Waals surface area contributed by atoms with Crippen LogP contribution >= 0.6 is 22.7 Å². The molecule has 0 spiro atoms. The smallest absolute Gasteiger partial charge is 0.234 e. The molecule has 232 valence electrons. The van der Waals surface area contributed by atoms with E-state index in [1.807, 2.05) is 45.4 Å². The number of aryl methyl sites for hydroxylation is 2. The van der Waals surface area contributed by atoms with Crippen LogP contribution in [0, 0.1) is 27.7 Å². The van der Waals surface area contributed by atoms with Crippen molar-refractivity contribution >= 4 is 32.6 Å². The summed E-state index contributed by atoms with van der Waals surface area (Å²) >= 11 is 3.05. The first-order valence-electron chi connectivity index (χ1n) is 15.3. The maximum atomic E-state index is 6.59. The van der Waals surface area contributed by atoms with Gasteiger partial charge in [0.1, 0.15) is 21.5 Å². The Labute approximate surface area is 279 Å². The molecule has 0 aliphatic carbocycles. The van der Waals surface area contributed by atoms with Gasteiger partial charge in [-0.15, -0.1) is 20.4 Å². The Bertz CT molecular complexity index is 2250. The number of hydrogen-bond donors (Lipinski definition) is 0. The second-order valence-electron chi connectivity index (χ2n) is 11.6. The monoisotopic (exact) mass is 654 g/mol. The van der Waals surface area contributed by atoms with E-state index in [-0.39, 0.29) is 0 Å². The van der Waals surface area contributed by atoms with Gasteiger partial charge in [0, 0.05) is 35.1 Å². The van der Waals surface area contributed by atoms with E-state index in [9.17, 15) is 0 Å². The van der Waals surface area contributed by atoms with Crippen LogP contribution in [0.25, 0.3) is 31.1 Å². The highest BCUT2D eigenvalue weighted by Crippen LogP contribution is 2.38. The van der Waals surface area contributed by atoms with Crippen LogP contribution in [-0.2, 0) is 12.8 Å². The number of nitrogens with zero attached hydrogens (tertiary/aromatic N) is 8. The van der Waals surface area contributed by atoms with Crippen LogP contribution in [0.2, 0.25) is 0 Å². The third-order valence-electron chi connectivity index (χ3n) is 8.58. The van der Waals surface area contributed by atoms with E-state index >= 15 is 0 Å². The normalized spacial score (nSPS) is 11.6. The third kappa shape index (κ3) is 5.37. The molecule has 8 aromatic rings. The van der Waals surface area contributed by atoms with Crippen LogP contribution in [-0.4, -0.2) is 39.6 Å². The van der Waals surface area contributed by atoms with Crippen molar-refractivity contribution in [3.8, 4) is 32.6 Å². The zero-order chi connectivity index (χ0) is 32.1. The van der Waals surface area contributed by atoms with Gasteiger partial charge in [-0.2, -0.15) is 19.2 Å². The summed E-state index contributed by atoms with van der Waals surface area (Å²) in [4.78, 5) is 1.54. The molecular weight excluding hydrogens is 625 g/mol. The Morgan fingerprint density at radius 2 is 0.979 bits per heavy atom. The second-order valence-corrected chi connectivity index (χ2v) is 13.5. The van der Waals surface area contributed by atoms with Gasteiger partial charge in [-0.1, -0.05) is 95.5 Å². The molecule has 0 saturated carbocycles. The number of fused-ring (bicyclic) bond motifs is 2.